The van der Waals surface area contributed by atoms with Gasteiger partial charge in [-0.1, -0.05) is 54.1 Å². The Hall–Kier alpha value is -3.86. The fourth-order valence-corrected chi connectivity index (χ4v) is 4.28. The Labute approximate surface area is 181 Å². The third kappa shape index (κ3) is 3.28. The van der Waals surface area contributed by atoms with Crippen molar-refractivity contribution in [3.8, 4) is 0 Å². The first-order valence-corrected chi connectivity index (χ1v) is 10.4. The van der Waals surface area contributed by atoms with Crippen molar-refractivity contribution >= 4 is 28.6 Å². The van der Waals surface area contributed by atoms with E-state index in [0.717, 1.165) is 45.1 Å². The van der Waals surface area contributed by atoms with Gasteiger partial charge in [-0.3, -0.25) is 9.36 Å². The fraction of sp³-hybridized carbons (Fsp3) is 0.154. The smallest absolute Gasteiger partial charge is 0.255 e. The summed E-state index contributed by atoms with van der Waals surface area (Å²) in [5, 5.41) is 6.45. The van der Waals surface area contributed by atoms with Crippen molar-refractivity contribution in [2.45, 2.75) is 26.8 Å². The van der Waals surface area contributed by atoms with Crippen molar-refractivity contribution in [2.24, 2.45) is 0 Å². The summed E-state index contributed by atoms with van der Waals surface area (Å²) in [7, 11) is 0. The highest BCUT2D eigenvalue weighted by Crippen LogP contribution is 2.40. The number of hydrogen-bond donors (Lipinski definition) is 2. The van der Waals surface area contributed by atoms with E-state index >= 15 is 0 Å². The van der Waals surface area contributed by atoms with Gasteiger partial charge in [-0.05, 0) is 56.2 Å². The first-order chi connectivity index (χ1) is 15.0. The van der Waals surface area contributed by atoms with Crippen LogP contribution in [0.25, 0.3) is 11.0 Å². The molecular weight excluding hydrogens is 384 g/mol. The Morgan fingerprint density at radius 3 is 2.42 bits per heavy atom. The molecule has 0 fully saturated rings. The molecule has 0 saturated carbocycles. The van der Waals surface area contributed by atoms with E-state index in [9.17, 15) is 4.79 Å². The molecule has 0 unspecified atom stereocenters. The van der Waals surface area contributed by atoms with Gasteiger partial charge in [-0.25, -0.2) is 4.98 Å². The minimum absolute atomic E-state index is 0.120. The van der Waals surface area contributed by atoms with Crippen molar-refractivity contribution in [3.63, 3.8) is 0 Å². The molecule has 1 aromatic heterocycles. The van der Waals surface area contributed by atoms with Crippen LogP contribution in [-0.2, 0) is 4.79 Å². The molecule has 0 aliphatic carbocycles. The Kier molecular flexibility index (Phi) is 4.59. The minimum Gasteiger partial charge on any atom is -0.329 e. The number of imidazole rings is 1. The number of carbonyl (C=O) groups is 1. The molecule has 1 atom stereocenters. The van der Waals surface area contributed by atoms with Gasteiger partial charge in [0.25, 0.3) is 5.91 Å². The van der Waals surface area contributed by atoms with Crippen LogP contribution in [0.4, 0.5) is 11.6 Å². The van der Waals surface area contributed by atoms with Crippen molar-refractivity contribution in [1.29, 1.82) is 0 Å². The quantitative estimate of drug-likeness (QED) is 0.465. The van der Waals surface area contributed by atoms with Gasteiger partial charge in [0.15, 0.2) is 0 Å². The van der Waals surface area contributed by atoms with Crippen molar-refractivity contribution < 1.29 is 4.79 Å². The number of para-hydroxylation sites is 2. The molecule has 0 radical (unpaired) electrons. The highest BCUT2D eigenvalue weighted by atomic mass is 16.1. The van der Waals surface area contributed by atoms with E-state index in [1.165, 1.54) is 0 Å². The molecule has 5 heteroatoms. The molecule has 0 saturated heterocycles. The van der Waals surface area contributed by atoms with E-state index in [4.69, 9.17) is 4.98 Å². The third-order valence-electron chi connectivity index (χ3n) is 5.87. The number of rotatable bonds is 3. The second-order valence-corrected chi connectivity index (χ2v) is 8.04. The predicted octanol–water partition coefficient (Wildman–Crippen LogP) is 5.58. The standard InChI is InChI=1S/C26H24N4O/c1-16-12-14-19(15-13-16)28-25(31)23-18(3)27-26-29-21-10-6-7-11-22(21)30(26)24(23)20-9-5-4-8-17(20)2/h4-15,24H,1-3H3,(H,27,29)(H,28,31)/t24-/m0/s1. The van der Waals surface area contributed by atoms with Crippen molar-refractivity contribution in [3.05, 3.63) is 101 Å². The second-order valence-electron chi connectivity index (χ2n) is 8.04. The van der Waals surface area contributed by atoms with E-state index < -0.39 is 0 Å². The zero-order valence-corrected chi connectivity index (χ0v) is 17.8. The maximum atomic E-state index is 13.6. The van der Waals surface area contributed by atoms with Crippen LogP contribution in [0.15, 0.2) is 84.1 Å². The molecule has 0 bridgehead atoms. The normalized spacial score (nSPS) is 15.5. The maximum absolute atomic E-state index is 13.6. The van der Waals surface area contributed by atoms with Crippen LogP contribution in [0, 0.1) is 13.8 Å². The molecule has 5 rings (SSSR count). The number of benzene rings is 3. The number of nitrogens with zero attached hydrogens (tertiary/aromatic N) is 2. The number of aromatic nitrogens is 2. The van der Waals surface area contributed by atoms with Crippen LogP contribution in [-0.4, -0.2) is 15.5 Å². The summed E-state index contributed by atoms with van der Waals surface area (Å²) in [6, 6.07) is 23.8. The average molecular weight is 409 g/mol. The lowest BCUT2D eigenvalue weighted by Crippen LogP contribution is -2.31. The number of nitrogens with one attached hydrogen (secondary N) is 2. The summed E-state index contributed by atoms with van der Waals surface area (Å²) in [5.74, 6) is 0.629. The van der Waals surface area contributed by atoms with Crippen LogP contribution in [0.2, 0.25) is 0 Å². The topological polar surface area (TPSA) is 59.0 Å². The van der Waals surface area contributed by atoms with Crippen molar-refractivity contribution in [2.75, 3.05) is 10.6 Å². The summed E-state index contributed by atoms with van der Waals surface area (Å²) in [4.78, 5) is 18.4. The van der Waals surface area contributed by atoms with Gasteiger partial charge in [-0.2, -0.15) is 0 Å². The predicted molar refractivity (Wildman–Crippen MR) is 125 cm³/mol. The number of anilines is 2. The Bertz CT molecular complexity index is 1330. The van der Waals surface area contributed by atoms with Crippen LogP contribution in [0.1, 0.15) is 29.7 Å². The van der Waals surface area contributed by atoms with Gasteiger partial charge >= 0.3 is 0 Å². The second kappa shape index (κ2) is 7.43. The molecule has 1 aliphatic heterocycles. The number of carbonyl (C=O) groups excluding carboxylic acids is 1. The minimum atomic E-state index is -0.282. The SMILES string of the molecule is CC1=C(C(=O)Nc2ccc(C)cc2)[C@H](c2ccccc2C)n2c(nc3ccccc32)N1. The van der Waals surface area contributed by atoms with E-state index in [0.29, 0.717) is 5.57 Å². The largest absolute Gasteiger partial charge is 0.329 e. The Morgan fingerprint density at radius 1 is 0.935 bits per heavy atom. The summed E-state index contributed by atoms with van der Waals surface area (Å²) in [6.45, 7) is 6.06. The third-order valence-corrected chi connectivity index (χ3v) is 5.87. The highest BCUT2D eigenvalue weighted by molar-refractivity contribution is 6.06. The van der Waals surface area contributed by atoms with Gasteiger partial charge < -0.3 is 10.6 Å². The lowest BCUT2D eigenvalue weighted by Gasteiger charge is -2.31. The molecule has 5 nitrogen and oxygen atoms in total. The number of allylic oxidation sites excluding steroid dienone is 1. The van der Waals surface area contributed by atoms with E-state index in [1.54, 1.807) is 0 Å². The van der Waals surface area contributed by atoms with Gasteiger partial charge in [0.1, 0.15) is 0 Å². The molecule has 3 aromatic carbocycles. The van der Waals surface area contributed by atoms with E-state index in [-0.39, 0.29) is 11.9 Å². The maximum Gasteiger partial charge on any atom is 0.255 e. The van der Waals surface area contributed by atoms with Gasteiger partial charge in [0.05, 0.1) is 22.6 Å². The monoisotopic (exact) mass is 408 g/mol. The molecule has 0 spiro atoms. The van der Waals surface area contributed by atoms with Gasteiger partial charge in [0, 0.05) is 11.4 Å². The van der Waals surface area contributed by atoms with Crippen LogP contribution in [0.3, 0.4) is 0 Å². The Morgan fingerprint density at radius 2 is 1.65 bits per heavy atom. The van der Waals surface area contributed by atoms with E-state index in [2.05, 4.69) is 40.3 Å². The first-order valence-electron chi connectivity index (χ1n) is 10.4. The summed E-state index contributed by atoms with van der Waals surface area (Å²) in [5.41, 5.74) is 7.53. The van der Waals surface area contributed by atoms with Gasteiger partial charge in [-0.15, -0.1) is 0 Å². The number of aryl methyl sites for hydroxylation is 2. The molecule has 1 aliphatic rings. The Balaban J connectivity index is 1.67. The lowest BCUT2D eigenvalue weighted by atomic mass is 9.91. The highest BCUT2D eigenvalue weighted by Gasteiger charge is 2.34. The zero-order valence-electron chi connectivity index (χ0n) is 17.8. The average Bonchev–Trinajstić information content (AvgIpc) is 3.12. The van der Waals surface area contributed by atoms with Gasteiger partial charge in [0.2, 0.25) is 5.95 Å². The summed E-state index contributed by atoms with van der Waals surface area (Å²) < 4.78 is 2.13. The lowest BCUT2D eigenvalue weighted by molar-refractivity contribution is -0.113. The summed E-state index contributed by atoms with van der Waals surface area (Å²) in [6.07, 6.45) is 0. The number of hydrogen-bond acceptors (Lipinski definition) is 3. The van der Waals surface area contributed by atoms with E-state index in [1.807, 2.05) is 68.4 Å². The molecule has 154 valence electrons. The molecule has 31 heavy (non-hydrogen) atoms. The molecule has 2 N–H and O–H groups in total. The van der Waals surface area contributed by atoms with Crippen LogP contribution in [0.5, 0.6) is 0 Å². The van der Waals surface area contributed by atoms with Crippen molar-refractivity contribution in [1.82, 2.24) is 9.55 Å². The zero-order chi connectivity index (χ0) is 21.5. The number of fused-ring (bicyclic) bond motifs is 3. The van der Waals surface area contributed by atoms with Crippen LogP contribution >= 0.6 is 0 Å². The molecule has 4 aromatic rings. The summed E-state index contributed by atoms with van der Waals surface area (Å²) >= 11 is 0. The molecule has 2 heterocycles. The first kappa shape index (κ1) is 19.1. The number of amides is 1. The van der Waals surface area contributed by atoms with Crippen LogP contribution < -0.4 is 10.6 Å². The molecule has 1 amide bonds. The molecular formula is C26H24N4O. The fourth-order valence-electron chi connectivity index (χ4n) is 4.28.